The number of rotatable bonds is 9. The van der Waals surface area contributed by atoms with Gasteiger partial charge in [-0.15, -0.1) is 0 Å². The van der Waals surface area contributed by atoms with Gasteiger partial charge < -0.3 is 10.1 Å². The topological polar surface area (TPSA) is 84.5 Å². The smallest absolute Gasteiger partial charge is 0.338 e. The van der Waals surface area contributed by atoms with Crippen LogP contribution < -0.4 is 10.6 Å². The van der Waals surface area contributed by atoms with Crippen LogP contribution in [0.2, 0.25) is 0 Å². The second kappa shape index (κ2) is 11.9. The molecule has 1 saturated carbocycles. The molecule has 6 heteroatoms. The second-order valence-corrected chi connectivity index (χ2v) is 13.1. The number of hydrogen-bond donors (Lipinski definition) is 2. The van der Waals surface area contributed by atoms with Gasteiger partial charge in [0.25, 0.3) is 5.91 Å². The molecule has 1 aliphatic carbocycles. The van der Waals surface area contributed by atoms with Crippen molar-refractivity contribution in [2.45, 2.75) is 119 Å². The van der Waals surface area contributed by atoms with E-state index in [0.29, 0.717) is 11.5 Å². The number of hydrogen-bond acceptors (Lipinski definition) is 5. The first-order valence-electron chi connectivity index (χ1n) is 13.4. The van der Waals surface area contributed by atoms with Crippen LogP contribution in [-0.4, -0.2) is 29.4 Å². The normalized spacial score (nSPS) is 21.7. The first kappa shape index (κ1) is 30.0. The number of Topliss-reactive ketones (excluding diaryl/α,β-unsaturated/α-hetero) is 1. The summed E-state index contributed by atoms with van der Waals surface area (Å²) in [5.41, 5.74) is 1.26. The van der Waals surface area contributed by atoms with E-state index in [4.69, 9.17) is 4.74 Å². The highest BCUT2D eigenvalue weighted by Crippen LogP contribution is 2.42. The number of ether oxygens (including phenoxy) is 1. The van der Waals surface area contributed by atoms with E-state index in [1.165, 1.54) is 6.92 Å². The Morgan fingerprint density at radius 2 is 1.56 bits per heavy atom. The maximum Gasteiger partial charge on any atom is 0.338 e. The predicted octanol–water partition coefficient (Wildman–Crippen LogP) is 6.35. The van der Waals surface area contributed by atoms with Crippen LogP contribution in [0.5, 0.6) is 0 Å². The van der Waals surface area contributed by atoms with Gasteiger partial charge in [-0.3, -0.25) is 14.9 Å². The van der Waals surface area contributed by atoms with Crippen LogP contribution in [0.1, 0.15) is 123 Å². The number of esters is 1. The quantitative estimate of drug-likeness (QED) is 0.235. The molecule has 1 amide bonds. The van der Waals surface area contributed by atoms with E-state index in [2.05, 4.69) is 52.2 Å². The number of amides is 1. The molecular formula is C30H48N2O4. The lowest BCUT2D eigenvalue weighted by Crippen LogP contribution is -2.62. The first-order valence-corrected chi connectivity index (χ1v) is 13.4. The summed E-state index contributed by atoms with van der Waals surface area (Å²) in [4.78, 5) is 36.8. The summed E-state index contributed by atoms with van der Waals surface area (Å²) in [6.07, 6.45) is 5.13. The average molecular weight is 501 g/mol. The van der Waals surface area contributed by atoms with Gasteiger partial charge in [0.15, 0.2) is 0 Å². The molecule has 1 aromatic rings. The van der Waals surface area contributed by atoms with E-state index >= 15 is 0 Å². The third-order valence-electron chi connectivity index (χ3n) is 7.26. The summed E-state index contributed by atoms with van der Waals surface area (Å²) in [6.45, 7) is 18.4. The highest BCUT2D eigenvalue weighted by Gasteiger charge is 2.41. The lowest BCUT2D eigenvalue weighted by Gasteiger charge is -2.46. The van der Waals surface area contributed by atoms with Gasteiger partial charge in [0.1, 0.15) is 0 Å². The van der Waals surface area contributed by atoms with Gasteiger partial charge in [0, 0.05) is 13.0 Å². The van der Waals surface area contributed by atoms with Gasteiger partial charge in [-0.25, -0.2) is 4.79 Å². The summed E-state index contributed by atoms with van der Waals surface area (Å²) in [6, 6.07) is 7.52. The predicted molar refractivity (Wildman–Crippen MR) is 145 cm³/mol. The molecular weight excluding hydrogens is 452 g/mol. The molecule has 0 radical (unpaired) electrons. The fourth-order valence-electron chi connectivity index (χ4n) is 4.95. The van der Waals surface area contributed by atoms with E-state index in [-0.39, 0.29) is 28.9 Å². The second-order valence-electron chi connectivity index (χ2n) is 13.1. The number of benzene rings is 1. The van der Waals surface area contributed by atoms with Crippen molar-refractivity contribution in [1.29, 1.82) is 0 Å². The van der Waals surface area contributed by atoms with E-state index in [1.807, 2.05) is 38.1 Å². The van der Waals surface area contributed by atoms with E-state index < -0.39 is 17.4 Å². The average Bonchev–Trinajstić information content (AvgIpc) is 2.75. The first-order chi connectivity index (χ1) is 16.5. The van der Waals surface area contributed by atoms with Gasteiger partial charge in [-0.2, -0.15) is 0 Å². The molecule has 0 heterocycles. The number of ketones is 1. The van der Waals surface area contributed by atoms with Crippen LogP contribution in [0.4, 0.5) is 0 Å². The molecule has 1 unspecified atom stereocenters. The van der Waals surface area contributed by atoms with Crippen molar-refractivity contribution in [3.63, 3.8) is 0 Å². The standard InChI is InChI=1S/C30H48N2O4/c1-20(2)36-27(35)23-12-10-22(11-13-23)25(16-17-28(4,5)6)31-30(32-26(34)21(3)33)18-14-24(15-19-30)29(7,8)9/h10-13,20,24-25,31H,14-19H2,1-9H3,(H,32,34). The molecule has 0 spiro atoms. The molecule has 1 atom stereocenters. The zero-order chi connectivity index (χ0) is 27.3. The van der Waals surface area contributed by atoms with Gasteiger partial charge in [-0.05, 0) is 86.8 Å². The van der Waals surface area contributed by atoms with Crippen molar-refractivity contribution in [2.24, 2.45) is 16.7 Å². The molecule has 202 valence electrons. The van der Waals surface area contributed by atoms with E-state index in [9.17, 15) is 14.4 Å². The van der Waals surface area contributed by atoms with E-state index in [0.717, 1.165) is 44.1 Å². The van der Waals surface area contributed by atoms with Crippen LogP contribution in [0.25, 0.3) is 0 Å². The van der Waals surface area contributed by atoms with Crippen LogP contribution >= 0.6 is 0 Å². The number of carbonyl (C=O) groups excluding carboxylic acids is 3. The van der Waals surface area contributed by atoms with Crippen LogP contribution in [0.3, 0.4) is 0 Å². The maximum absolute atomic E-state index is 12.6. The summed E-state index contributed by atoms with van der Waals surface area (Å²) >= 11 is 0. The number of carbonyl (C=O) groups is 3. The monoisotopic (exact) mass is 500 g/mol. The lowest BCUT2D eigenvalue weighted by atomic mass is 9.69. The zero-order valence-electron chi connectivity index (χ0n) is 23.9. The molecule has 1 aliphatic rings. The van der Waals surface area contributed by atoms with Crippen molar-refractivity contribution in [1.82, 2.24) is 10.6 Å². The summed E-state index contributed by atoms with van der Waals surface area (Å²) < 4.78 is 5.34. The van der Waals surface area contributed by atoms with Crippen molar-refractivity contribution in [2.75, 3.05) is 0 Å². The van der Waals surface area contributed by atoms with Crippen LogP contribution in [0.15, 0.2) is 24.3 Å². The van der Waals surface area contributed by atoms with Crippen molar-refractivity contribution in [3.05, 3.63) is 35.4 Å². The van der Waals surface area contributed by atoms with Crippen molar-refractivity contribution >= 4 is 17.7 Å². The third-order valence-corrected chi connectivity index (χ3v) is 7.26. The third kappa shape index (κ3) is 9.02. The Hall–Kier alpha value is -2.21. The van der Waals surface area contributed by atoms with Gasteiger partial charge in [0.05, 0.1) is 17.3 Å². The van der Waals surface area contributed by atoms with E-state index in [1.54, 1.807) is 0 Å². The van der Waals surface area contributed by atoms with Gasteiger partial charge in [-0.1, -0.05) is 53.7 Å². The molecule has 2 rings (SSSR count). The summed E-state index contributed by atoms with van der Waals surface area (Å²) in [7, 11) is 0. The fraction of sp³-hybridized carbons (Fsp3) is 0.700. The largest absolute Gasteiger partial charge is 0.459 e. The Morgan fingerprint density at radius 3 is 2.00 bits per heavy atom. The lowest BCUT2D eigenvalue weighted by molar-refractivity contribution is -0.138. The summed E-state index contributed by atoms with van der Waals surface area (Å²) in [5.74, 6) is -0.797. The van der Waals surface area contributed by atoms with Crippen molar-refractivity contribution in [3.8, 4) is 0 Å². The zero-order valence-corrected chi connectivity index (χ0v) is 23.9. The minimum absolute atomic E-state index is 0.0437. The molecule has 1 aromatic carbocycles. The van der Waals surface area contributed by atoms with Gasteiger partial charge in [0.2, 0.25) is 5.78 Å². The Kier molecular flexibility index (Phi) is 9.91. The SMILES string of the molecule is CC(=O)C(=O)NC1(NC(CCC(C)(C)C)c2ccc(C(=O)OC(C)C)cc2)CCC(C(C)(C)C)CC1. The Balaban J connectivity index is 2.35. The molecule has 6 nitrogen and oxygen atoms in total. The minimum atomic E-state index is -0.650. The maximum atomic E-state index is 12.6. The highest BCUT2D eigenvalue weighted by atomic mass is 16.5. The molecule has 0 bridgehead atoms. The Morgan fingerprint density at radius 1 is 1.00 bits per heavy atom. The van der Waals surface area contributed by atoms with Crippen LogP contribution in [0, 0.1) is 16.7 Å². The molecule has 0 aliphatic heterocycles. The summed E-state index contributed by atoms with van der Waals surface area (Å²) in [5, 5.41) is 6.88. The molecule has 0 aromatic heterocycles. The Bertz CT molecular complexity index is 898. The molecule has 36 heavy (non-hydrogen) atoms. The minimum Gasteiger partial charge on any atom is -0.459 e. The van der Waals surface area contributed by atoms with Gasteiger partial charge >= 0.3 is 5.97 Å². The Labute approximate surface area is 218 Å². The number of nitrogens with one attached hydrogen (secondary N) is 2. The van der Waals surface area contributed by atoms with Crippen molar-refractivity contribution < 1.29 is 19.1 Å². The fourth-order valence-corrected chi connectivity index (χ4v) is 4.95. The molecule has 0 saturated heterocycles. The highest BCUT2D eigenvalue weighted by molar-refractivity contribution is 6.35. The molecule has 2 N–H and O–H groups in total. The molecule has 1 fully saturated rings. The van der Waals surface area contributed by atoms with Crippen LogP contribution in [-0.2, 0) is 14.3 Å².